The number of nitrogens with one attached hydrogen (secondary N) is 1. The SMILES string of the molecule is C=CCNC(=O)C(C)N(CC(=O)OC)C1CCCC1. The van der Waals surface area contributed by atoms with E-state index < -0.39 is 0 Å². The number of hydrogen-bond donors (Lipinski definition) is 1. The molecule has 1 aliphatic carbocycles. The molecule has 1 atom stereocenters. The molecule has 0 aromatic heterocycles. The number of rotatable bonds is 7. The van der Waals surface area contributed by atoms with Crippen molar-refractivity contribution in [2.45, 2.75) is 44.7 Å². The van der Waals surface area contributed by atoms with E-state index in [0.717, 1.165) is 25.7 Å². The molecular weight excluding hydrogens is 244 g/mol. The van der Waals surface area contributed by atoms with Crippen LogP contribution in [0.1, 0.15) is 32.6 Å². The smallest absolute Gasteiger partial charge is 0.319 e. The average Bonchev–Trinajstić information content (AvgIpc) is 2.94. The molecule has 1 N–H and O–H groups in total. The van der Waals surface area contributed by atoms with Gasteiger partial charge in [-0.3, -0.25) is 14.5 Å². The summed E-state index contributed by atoms with van der Waals surface area (Å²) < 4.78 is 4.72. The lowest BCUT2D eigenvalue weighted by Gasteiger charge is -2.32. The zero-order valence-corrected chi connectivity index (χ0v) is 11.9. The summed E-state index contributed by atoms with van der Waals surface area (Å²) in [7, 11) is 1.37. The van der Waals surface area contributed by atoms with Crippen LogP contribution in [0.4, 0.5) is 0 Å². The maximum absolute atomic E-state index is 12.0. The lowest BCUT2D eigenvalue weighted by Crippen LogP contribution is -2.51. The topological polar surface area (TPSA) is 58.6 Å². The summed E-state index contributed by atoms with van der Waals surface area (Å²) in [5.41, 5.74) is 0. The van der Waals surface area contributed by atoms with Crippen LogP contribution < -0.4 is 5.32 Å². The summed E-state index contributed by atoms with van der Waals surface area (Å²) in [6, 6.07) is -0.0364. The Balaban J connectivity index is 2.67. The van der Waals surface area contributed by atoms with Crippen LogP contribution in [0.2, 0.25) is 0 Å². The second-order valence-corrected chi connectivity index (χ2v) is 4.90. The maximum Gasteiger partial charge on any atom is 0.319 e. The number of nitrogens with zero attached hydrogens (tertiary/aromatic N) is 1. The third-order valence-electron chi connectivity index (χ3n) is 3.63. The van der Waals surface area contributed by atoms with Gasteiger partial charge in [-0.2, -0.15) is 0 Å². The molecule has 1 fully saturated rings. The van der Waals surface area contributed by atoms with Crippen molar-refractivity contribution >= 4 is 11.9 Å². The van der Waals surface area contributed by atoms with Gasteiger partial charge in [0.2, 0.25) is 5.91 Å². The van der Waals surface area contributed by atoms with Gasteiger partial charge in [-0.1, -0.05) is 18.9 Å². The fraction of sp³-hybridized carbons (Fsp3) is 0.714. The standard InChI is InChI=1S/C14H24N2O3/c1-4-9-15-14(18)11(2)16(10-13(17)19-3)12-7-5-6-8-12/h4,11-12H,1,5-10H2,2-3H3,(H,15,18). The lowest BCUT2D eigenvalue weighted by molar-refractivity contribution is -0.144. The van der Waals surface area contributed by atoms with E-state index in [4.69, 9.17) is 4.74 Å². The Kier molecular flexibility index (Phi) is 6.56. The van der Waals surface area contributed by atoms with Crippen molar-refractivity contribution in [3.05, 3.63) is 12.7 Å². The van der Waals surface area contributed by atoms with Gasteiger partial charge in [0.05, 0.1) is 19.7 Å². The fourth-order valence-corrected chi connectivity index (χ4v) is 2.50. The maximum atomic E-state index is 12.0. The number of amides is 1. The summed E-state index contributed by atoms with van der Waals surface area (Å²) in [6.07, 6.45) is 6.03. The van der Waals surface area contributed by atoms with Crippen LogP contribution in [-0.2, 0) is 14.3 Å². The van der Waals surface area contributed by atoms with E-state index in [1.807, 2.05) is 11.8 Å². The van der Waals surface area contributed by atoms with Crippen LogP contribution in [-0.4, -0.2) is 49.1 Å². The molecule has 0 saturated heterocycles. The number of carbonyl (C=O) groups is 2. The molecule has 0 aromatic rings. The fourth-order valence-electron chi connectivity index (χ4n) is 2.50. The van der Waals surface area contributed by atoms with E-state index in [1.165, 1.54) is 7.11 Å². The first-order valence-electron chi connectivity index (χ1n) is 6.81. The van der Waals surface area contributed by atoms with Gasteiger partial charge in [0, 0.05) is 12.6 Å². The normalized spacial score (nSPS) is 17.2. The van der Waals surface area contributed by atoms with Gasteiger partial charge < -0.3 is 10.1 Å². The largest absolute Gasteiger partial charge is 0.468 e. The zero-order chi connectivity index (χ0) is 14.3. The predicted molar refractivity (Wildman–Crippen MR) is 73.6 cm³/mol. The molecule has 1 unspecified atom stereocenters. The van der Waals surface area contributed by atoms with Gasteiger partial charge in [-0.15, -0.1) is 6.58 Å². The summed E-state index contributed by atoms with van der Waals surface area (Å²) in [6.45, 7) is 6.02. The minimum atomic E-state index is -0.331. The molecular formula is C14H24N2O3. The highest BCUT2D eigenvalue weighted by atomic mass is 16.5. The first-order chi connectivity index (χ1) is 9.10. The molecule has 5 heteroatoms. The van der Waals surface area contributed by atoms with Gasteiger partial charge in [-0.25, -0.2) is 0 Å². The summed E-state index contributed by atoms with van der Waals surface area (Å²) in [4.78, 5) is 25.5. The number of methoxy groups -OCH3 is 1. The molecule has 108 valence electrons. The molecule has 0 aromatic carbocycles. The van der Waals surface area contributed by atoms with Crippen LogP contribution in [0.15, 0.2) is 12.7 Å². The van der Waals surface area contributed by atoms with Crippen molar-refractivity contribution in [3.8, 4) is 0 Å². The molecule has 0 radical (unpaired) electrons. The van der Waals surface area contributed by atoms with E-state index in [0.29, 0.717) is 12.6 Å². The Bertz CT molecular complexity index is 325. The second-order valence-electron chi connectivity index (χ2n) is 4.90. The van der Waals surface area contributed by atoms with Gasteiger partial charge in [0.15, 0.2) is 0 Å². The molecule has 0 spiro atoms. The van der Waals surface area contributed by atoms with Crippen molar-refractivity contribution < 1.29 is 14.3 Å². The summed E-state index contributed by atoms with van der Waals surface area (Å²) in [5, 5.41) is 2.78. The van der Waals surface area contributed by atoms with Crippen molar-refractivity contribution in [1.29, 1.82) is 0 Å². The van der Waals surface area contributed by atoms with Crippen molar-refractivity contribution in [2.75, 3.05) is 20.2 Å². The quantitative estimate of drug-likeness (QED) is 0.555. The second kappa shape index (κ2) is 7.94. The predicted octanol–water partition coefficient (Wildman–Crippen LogP) is 1.09. The minimum absolute atomic E-state index is 0.0734. The molecule has 1 rings (SSSR count). The number of carbonyl (C=O) groups excluding carboxylic acids is 2. The van der Waals surface area contributed by atoms with Gasteiger partial charge >= 0.3 is 5.97 Å². The Morgan fingerprint density at radius 2 is 2.11 bits per heavy atom. The molecule has 0 bridgehead atoms. The first-order valence-corrected chi connectivity index (χ1v) is 6.81. The van der Waals surface area contributed by atoms with Crippen LogP contribution in [0, 0.1) is 0 Å². The van der Waals surface area contributed by atoms with Crippen molar-refractivity contribution in [1.82, 2.24) is 10.2 Å². The van der Waals surface area contributed by atoms with E-state index in [-0.39, 0.29) is 24.5 Å². The number of esters is 1. The van der Waals surface area contributed by atoms with Crippen LogP contribution in [0.5, 0.6) is 0 Å². The van der Waals surface area contributed by atoms with Gasteiger partial charge in [-0.05, 0) is 19.8 Å². The zero-order valence-electron chi connectivity index (χ0n) is 11.9. The number of hydrogen-bond acceptors (Lipinski definition) is 4. The highest BCUT2D eigenvalue weighted by Gasteiger charge is 2.31. The first kappa shape index (κ1) is 15.7. The van der Waals surface area contributed by atoms with E-state index in [2.05, 4.69) is 11.9 Å². The van der Waals surface area contributed by atoms with Crippen molar-refractivity contribution in [2.24, 2.45) is 0 Å². The highest BCUT2D eigenvalue weighted by Crippen LogP contribution is 2.25. The number of ether oxygens (including phenoxy) is 1. The Labute approximate surface area is 115 Å². The molecule has 0 heterocycles. The highest BCUT2D eigenvalue weighted by molar-refractivity contribution is 5.82. The van der Waals surface area contributed by atoms with E-state index in [9.17, 15) is 9.59 Å². The van der Waals surface area contributed by atoms with Gasteiger partial charge in [0.1, 0.15) is 0 Å². The molecule has 5 nitrogen and oxygen atoms in total. The Hall–Kier alpha value is -1.36. The lowest BCUT2D eigenvalue weighted by atomic mass is 10.1. The average molecular weight is 268 g/mol. The third kappa shape index (κ3) is 4.67. The molecule has 1 aliphatic rings. The van der Waals surface area contributed by atoms with Crippen molar-refractivity contribution in [3.63, 3.8) is 0 Å². The molecule has 19 heavy (non-hydrogen) atoms. The van der Waals surface area contributed by atoms with E-state index in [1.54, 1.807) is 6.08 Å². The van der Waals surface area contributed by atoms with Crippen LogP contribution in [0.3, 0.4) is 0 Å². The molecule has 0 aliphatic heterocycles. The monoisotopic (exact) mass is 268 g/mol. The van der Waals surface area contributed by atoms with Crippen LogP contribution >= 0.6 is 0 Å². The third-order valence-corrected chi connectivity index (χ3v) is 3.63. The van der Waals surface area contributed by atoms with E-state index >= 15 is 0 Å². The summed E-state index contributed by atoms with van der Waals surface area (Å²) in [5.74, 6) is -0.369. The van der Waals surface area contributed by atoms with Crippen LogP contribution in [0.25, 0.3) is 0 Å². The molecule has 1 saturated carbocycles. The summed E-state index contributed by atoms with van der Waals surface area (Å²) >= 11 is 0. The minimum Gasteiger partial charge on any atom is -0.468 e. The Morgan fingerprint density at radius 3 is 2.63 bits per heavy atom. The van der Waals surface area contributed by atoms with Gasteiger partial charge in [0.25, 0.3) is 0 Å². The molecule has 1 amide bonds. The Morgan fingerprint density at radius 1 is 1.47 bits per heavy atom.